The Bertz CT molecular complexity index is 359. The molecular formula is C16H31N3. The lowest BCUT2D eigenvalue weighted by atomic mass is 9.81. The molecule has 1 aromatic heterocycles. The van der Waals surface area contributed by atoms with Crippen LogP contribution in [0.4, 0.5) is 0 Å². The van der Waals surface area contributed by atoms with Crippen LogP contribution in [0, 0.1) is 5.41 Å². The summed E-state index contributed by atoms with van der Waals surface area (Å²) in [6.07, 6.45) is 6.80. The molecule has 1 heterocycles. The molecule has 0 saturated carbocycles. The van der Waals surface area contributed by atoms with E-state index in [0.717, 1.165) is 25.9 Å². The van der Waals surface area contributed by atoms with Crippen LogP contribution in [0.3, 0.4) is 0 Å². The van der Waals surface area contributed by atoms with Gasteiger partial charge < -0.3 is 5.32 Å². The molecule has 0 aliphatic heterocycles. The average Bonchev–Trinajstić information content (AvgIpc) is 2.84. The normalized spacial score (nSPS) is 16.3. The zero-order chi connectivity index (χ0) is 14.3. The number of aromatic nitrogens is 2. The summed E-state index contributed by atoms with van der Waals surface area (Å²) < 4.78 is 2.11. The number of rotatable bonds is 9. The lowest BCUT2D eigenvalue weighted by molar-refractivity contribution is 0.273. The van der Waals surface area contributed by atoms with Crippen LogP contribution in [-0.4, -0.2) is 22.9 Å². The SMILES string of the molecule is CCCC(C)(CNCC)Cc1ccn(C(C)CC)n1. The van der Waals surface area contributed by atoms with Crippen LogP contribution in [-0.2, 0) is 6.42 Å². The van der Waals surface area contributed by atoms with E-state index < -0.39 is 0 Å². The van der Waals surface area contributed by atoms with Crippen molar-refractivity contribution in [1.29, 1.82) is 0 Å². The number of nitrogens with zero attached hydrogens (tertiary/aromatic N) is 2. The predicted octanol–water partition coefficient (Wildman–Crippen LogP) is 3.81. The fourth-order valence-electron chi connectivity index (χ4n) is 2.61. The molecule has 0 bridgehead atoms. The van der Waals surface area contributed by atoms with Gasteiger partial charge in [-0.15, -0.1) is 0 Å². The third kappa shape index (κ3) is 4.98. The van der Waals surface area contributed by atoms with Crippen molar-refractivity contribution in [3.8, 4) is 0 Å². The smallest absolute Gasteiger partial charge is 0.0630 e. The highest BCUT2D eigenvalue weighted by Crippen LogP contribution is 2.27. The molecule has 0 fully saturated rings. The van der Waals surface area contributed by atoms with E-state index in [1.807, 2.05) is 0 Å². The Labute approximate surface area is 118 Å². The zero-order valence-corrected chi connectivity index (χ0v) is 13.4. The molecule has 110 valence electrons. The molecule has 0 amide bonds. The summed E-state index contributed by atoms with van der Waals surface area (Å²) in [6.45, 7) is 13.4. The monoisotopic (exact) mass is 265 g/mol. The Hall–Kier alpha value is -0.830. The second-order valence-electron chi connectivity index (χ2n) is 6.06. The van der Waals surface area contributed by atoms with Crippen molar-refractivity contribution in [3.05, 3.63) is 18.0 Å². The van der Waals surface area contributed by atoms with Gasteiger partial charge in [-0.1, -0.05) is 34.1 Å². The lowest BCUT2D eigenvalue weighted by Gasteiger charge is -2.29. The Balaban J connectivity index is 2.70. The maximum Gasteiger partial charge on any atom is 0.0630 e. The highest BCUT2D eigenvalue weighted by atomic mass is 15.3. The zero-order valence-electron chi connectivity index (χ0n) is 13.4. The van der Waals surface area contributed by atoms with Crippen molar-refractivity contribution in [1.82, 2.24) is 15.1 Å². The van der Waals surface area contributed by atoms with Crippen LogP contribution in [0.2, 0.25) is 0 Å². The summed E-state index contributed by atoms with van der Waals surface area (Å²) in [5.41, 5.74) is 1.55. The van der Waals surface area contributed by atoms with Gasteiger partial charge in [0.15, 0.2) is 0 Å². The van der Waals surface area contributed by atoms with E-state index in [4.69, 9.17) is 5.10 Å². The van der Waals surface area contributed by atoms with E-state index in [1.165, 1.54) is 18.5 Å². The summed E-state index contributed by atoms with van der Waals surface area (Å²) in [6, 6.07) is 2.69. The van der Waals surface area contributed by atoms with Crippen LogP contribution in [0.15, 0.2) is 12.3 Å². The van der Waals surface area contributed by atoms with Crippen molar-refractivity contribution >= 4 is 0 Å². The van der Waals surface area contributed by atoms with Crippen molar-refractivity contribution in [3.63, 3.8) is 0 Å². The van der Waals surface area contributed by atoms with Gasteiger partial charge in [-0.05, 0) is 44.2 Å². The second kappa shape index (κ2) is 7.68. The molecule has 3 nitrogen and oxygen atoms in total. The minimum absolute atomic E-state index is 0.319. The quantitative estimate of drug-likeness (QED) is 0.736. The highest BCUT2D eigenvalue weighted by molar-refractivity contribution is 5.03. The van der Waals surface area contributed by atoms with Gasteiger partial charge in [-0.2, -0.15) is 5.10 Å². The van der Waals surface area contributed by atoms with Crippen molar-refractivity contribution in [2.45, 2.75) is 66.3 Å². The fourth-order valence-corrected chi connectivity index (χ4v) is 2.61. The minimum Gasteiger partial charge on any atom is -0.316 e. The molecule has 0 saturated heterocycles. The molecule has 3 heteroatoms. The van der Waals surface area contributed by atoms with Gasteiger partial charge in [0.1, 0.15) is 0 Å². The van der Waals surface area contributed by atoms with Crippen LogP contribution < -0.4 is 5.32 Å². The van der Waals surface area contributed by atoms with Crippen LogP contribution in [0.1, 0.15) is 65.6 Å². The summed E-state index contributed by atoms with van der Waals surface area (Å²) in [5, 5.41) is 8.25. The van der Waals surface area contributed by atoms with Crippen molar-refractivity contribution < 1.29 is 0 Å². The summed E-state index contributed by atoms with van der Waals surface area (Å²) in [7, 11) is 0. The number of hydrogen-bond acceptors (Lipinski definition) is 2. The van der Waals surface area contributed by atoms with E-state index in [9.17, 15) is 0 Å². The van der Waals surface area contributed by atoms with Crippen LogP contribution in [0.25, 0.3) is 0 Å². The summed E-state index contributed by atoms with van der Waals surface area (Å²) in [4.78, 5) is 0. The van der Waals surface area contributed by atoms with Crippen molar-refractivity contribution in [2.24, 2.45) is 5.41 Å². The van der Waals surface area contributed by atoms with E-state index in [1.54, 1.807) is 0 Å². The predicted molar refractivity (Wildman–Crippen MR) is 82.5 cm³/mol. The van der Waals surface area contributed by atoms with Gasteiger partial charge in [0, 0.05) is 18.8 Å². The lowest BCUT2D eigenvalue weighted by Crippen LogP contribution is -2.33. The van der Waals surface area contributed by atoms with Gasteiger partial charge in [0.2, 0.25) is 0 Å². The first kappa shape index (κ1) is 16.2. The first-order chi connectivity index (χ1) is 9.04. The standard InChI is InChI=1S/C16H31N3/c1-6-10-16(5,13-17-8-3)12-15-9-11-19(18-15)14(4)7-2/h9,11,14,17H,6-8,10,12-13H2,1-5H3. The molecule has 0 aliphatic carbocycles. The third-order valence-corrected chi connectivity index (χ3v) is 3.97. The third-order valence-electron chi connectivity index (χ3n) is 3.97. The first-order valence-corrected chi connectivity index (χ1v) is 7.79. The van der Waals surface area contributed by atoms with Crippen LogP contribution in [0.5, 0.6) is 0 Å². The maximum absolute atomic E-state index is 4.75. The molecule has 1 rings (SSSR count). The molecule has 0 aromatic carbocycles. The molecule has 0 aliphatic rings. The maximum atomic E-state index is 4.75. The highest BCUT2D eigenvalue weighted by Gasteiger charge is 2.24. The summed E-state index contributed by atoms with van der Waals surface area (Å²) >= 11 is 0. The minimum atomic E-state index is 0.319. The Morgan fingerprint density at radius 2 is 2.11 bits per heavy atom. The van der Waals surface area contributed by atoms with E-state index in [-0.39, 0.29) is 0 Å². The number of hydrogen-bond donors (Lipinski definition) is 1. The van der Waals surface area contributed by atoms with Gasteiger partial charge in [0.25, 0.3) is 0 Å². The molecule has 2 unspecified atom stereocenters. The molecule has 1 aromatic rings. The Morgan fingerprint density at radius 1 is 1.37 bits per heavy atom. The largest absolute Gasteiger partial charge is 0.316 e. The molecular weight excluding hydrogens is 234 g/mol. The van der Waals surface area contributed by atoms with Gasteiger partial charge in [-0.3, -0.25) is 4.68 Å². The Morgan fingerprint density at radius 3 is 2.68 bits per heavy atom. The van der Waals surface area contributed by atoms with Gasteiger partial charge >= 0.3 is 0 Å². The molecule has 1 N–H and O–H groups in total. The molecule has 0 spiro atoms. The first-order valence-electron chi connectivity index (χ1n) is 7.79. The van der Waals surface area contributed by atoms with Gasteiger partial charge in [0.05, 0.1) is 5.69 Å². The topological polar surface area (TPSA) is 29.9 Å². The Kier molecular flexibility index (Phi) is 6.56. The fraction of sp³-hybridized carbons (Fsp3) is 0.812. The number of nitrogens with one attached hydrogen (secondary N) is 1. The molecule has 2 atom stereocenters. The van der Waals surface area contributed by atoms with E-state index >= 15 is 0 Å². The van der Waals surface area contributed by atoms with E-state index in [0.29, 0.717) is 11.5 Å². The van der Waals surface area contributed by atoms with E-state index in [2.05, 4.69) is 56.9 Å². The summed E-state index contributed by atoms with van der Waals surface area (Å²) in [5.74, 6) is 0. The van der Waals surface area contributed by atoms with Gasteiger partial charge in [-0.25, -0.2) is 0 Å². The van der Waals surface area contributed by atoms with Crippen molar-refractivity contribution in [2.75, 3.05) is 13.1 Å². The average molecular weight is 265 g/mol. The second-order valence-corrected chi connectivity index (χ2v) is 6.06. The molecule has 19 heavy (non-hydrogen) atoms. The molecule has 0 radical (unpaired) electrons. The van der Waals surface area contributed by atoms with Crippen LogP contribution >= 0.6 is 0 Å².